The van der Waals surface area contributed by atoms with Crippen LogP contribution in [0.4, 0.5) is 11.4 Å². The third-order valence-electron chi connectivity index (χ3n) is 5.79. The Morgan fingerprint density at radius 2 is 1.53 bits per heavy atom. The molecule has 1 aliphatic rings. The number of rotatable bonds is 7. The maximum Gasteiger partial charge on any atom is 0.254 e. The number of hydrogen-bond donors (Lipinski definition) is 3. The van der Waals surface area contributed by atoms with Crippen LogP contribution < -0.4 is 10.2 Å². The fraction of sp³-hybridized carbons (Fsp3) is 0.269. The van der Waals surface area contributed by atoms with Crippen molar-refractivity contribution in [1.82, 2.24) is 4.90 Å². The van der Waals surface area contributed by atoms with Crippen LogP contribution in [0.2, 0.25) is 0 Å². The van der Waals surface area contributed by atoms with Crippen molar-refractivity contribution < 1.29 is 15.0 Å². The van der Waals surface area contributed by atoms with Crippen LogP contribution in [-0.4, -0.2) is 66.5 Å². The van der Waals surface area contributed by atoms with Crippen molar-refractivity contribution in [3.05, 3.63) is 84.4 Å². The molecule has 0 saturated carbocycles. The van der Waals surface area contributed by atoms with Crippen LogP contribution >= 0.6 is 0 Å². The molecule has 1 unspecified atom stereocenters. The SMILES string of the molecule is O=C(c1ccccc1-c1ccccc1)N1CCN(c2ccc(NCC(O)CO)cc2)CC1. The van der Waals surface area contributed by atoms with Gasteiger partial charge in [0.15, 0.2) is 0 Å². The Morgan fingerprint density at radius 1 is 0.875 bits per heavy atom. The molecule has 1 saturated heterocycles. The molecule has 3 aromatic carbocycles. The maximum absolute atomic E-state index is 13.3. The van der Waals surface area contributed by atoms with E-state index in [1.807, 2.05) is 83.8 Å². The number of carbonyl (C=O) groups is 1. The fourth-order valence-corrected chi connectivity index (χ4v) is 3.97. The molecule has 1 amide bonds. The number of nitrogens with one attached hydrogen (secondary N) is 1. The van der Waals surface area contributed by atoms with Crippen LogP contribution in [0.1, 0.15) is 10.4 Å². The molecule has 0 aromatic heterocycles. The van der Waals surface area contributed by atoms with E-state index < -0.39 is 6.10 Å². The standard InChI is InChI=1S/C26H29N3O3/c30-19-23(31)18-27-21-10-12-22(13-11-21)28-14-16-29(17-15-28)26(32)25-9-5-4-8-24(25)20-6-2-1-3-7-20/h1-13,23,27,30-31H,14-19H2. The first-order valence-corrected chi connectivity index (χ1v) is 11.0. The molecule has 0 aliphatic carbocycles. The van der Waals surface area contributed by atoms with Crippen LogP contribution in [0.25, 0.3) is 11.1 Å². The van der Waals surface area contributed by atoms with Crippen molar-refractivity contribution in [3.8, 4) is 11.1 Å². The minimum absolute atomic E-state index is 0.0751. The number of anilines is 2. The number of aliphatic hydroxyl groups is 2. The van der Waals surface area contributed by atoms with E-state index in [-0.39, 0.29) is 12.5 Å². The first-order valence-electron chi connectivity index (χ1n) is 11.0. The Kier molecular flexibility index (Phi) is 7.04. The van der Waals surface area contributed by atoms with Crippen LogP contribution in [0, 0.1) is 0 Å². The zero-order chi connectivity index (χ0) is 22.3. The van der Waals surface area contributed by atoms with Crippen molar-refractivity contribution in [3.63, 3.8) is 0 Å². The third kappa shape index (κ3) is 5.10. The molecule has 0 spiro atoms. The quantitative estimate of drug-likeness (QED) is 0.536. The summed E-state index contributed by atoms with van der Waals surface area (Å²) in [5, 5.41) is 21.5. The summed E-state index contributed by atoms with van der Waals surface area (Å²) in [5.41, 5.74) is 4.76. The lowest BCUT2D eigenvalue weighted by Gasteiger charge is -2.36. The van der Waals surface area contributed by atoms with E-state index in [4.69, 9.17) is 5.11 Å². The summed E-state index contributed by atoms with van der Waals surface area (Å²) < 4.78 is 0. The van der Waals surface area contributed by atoms with Gasteiger partial charge in [-0.05, 0) is 41.5 Å². The van der Waals surface area contributed by atoms with Gasteiger partial charge in [0.25, 0.3) is 5.91 Å². The number of nitrogens with zero attached hydrogens (tertiary/aromatic N) is 2. The highest BCUT2D eigenvalue weighted by atomic mass is 16.3. The van der Waals surface area contributed by atoms with Gasteiger partial charge in [-0.1, -0.05) is 48.5 Å². The molecular formula is C26H29N3O3. The molecule has 1 aliphatic heterocycles. The number of benzene rings is 3. The van der Waals surface area contributed by atoms with Crippen LogP contribution in [0.3, 0.4) is 0 Å². The molecule has 1 heterocycles. The van der Waals surface area contributed by atoms with Crippen molar-refractivity contribution in [2.75, 3.05) is 49.5 Å². The largest absolute Gasteiger partial charge is 0.394 e. The minimum Gasteiger partial charge on any atom is -0.394 e. The molecule has 3 aromatic rings. The number of hydrogen-bond acceptors (Lipinski definition) is 5. The van der Waals surface area contributed by atoms with Gasteiger partial charge in [0.1, 0.15) is 0 Å². The Bertz CT molecular complexity index is 1020. The van der Waals surface area contributed by atoms with Crippen LogP contribution in [0.5, 0.6) is 0 Å². The lowest BCUT2D eigenvalue weighted by molar-refractivity contribution is 0.0747. The molecule has 6 nitrogen and oxygen atoms in total. The second-order valence-corrected chi connectivity index (χ2v) is 7.96. The summed E-state index contributed by atoms with van der Waals surface area (Å²) in [6.45, 7) is 2.94. The Hall–Kier alpha value is -3.35. The van der Waals surface area contributed by atoms with Gasteiger partial charge in [-0.25, -0.2) is 0 Å². The molecule has 1 fully saturated rings. The molecule has 1 atom stereocenters. The fourth-order valence-electron chi connectivity index (χ4n) is 3.97. The molecular weight excluding hydrogens is 402 g/mol. The smallest absolute Gasteiger partial charge is 0.254 e. The van der Waals surface area contributed by atoms with E-state index in [9.17, 15) is 9.90 Å². The van der Waals surface area contributed by atoms with Gasteiger partial charge in [0.2, 0.25) is 0 Å². The van der Waals surface area contributed by atoms with Gasteiger partial charge >= 0.3 is 0 Å². The van der Waals surface area contributed by atoms with Crippen molar-refractivity contribution in [1.29, 1.82) is 0 Å². The summed E-state index contributed by atoms with van der Waals surface area (Å²) in [4.78, 5) is 17.5. The normalized spacial score (nSPS) is 14.8. The molecule has 6 heteroatoms. The predicted molar refractivity (Wildman–Crippen MR) is 128 cm³/mol. The zero-order valence-electron chi connectivity index (χ0n) is 18.0. The van der Waals surface area contributed by atoms with Crippen LogP contribution in [0.15, 0.2) is 78.9 Å². The summed E-state index contributed by atoms with van der Waals surface area (Å²) in [7, 11) is 0. The molecule has 32 heavy (non-hydrogen) atoms. The number of piperazine rings is 1. The monoisotopic (exact) mass is 431 g/mol. The topological polar surface area (TPSA) is 76.0 Å². The van der Waals surface area contributed by atoms with Gasteiger partial charge in [-0.2, -0.15) is 0 Å². The number of carbonyl (C=O) groups excluding carboxylic acids is 1. The maximum atomic E-state index is 13.3. The van der Waals surface area contributed by atoms with Crippen molar-refractivity contribution in [2.45, 2.75) is 6.10 Å². The Morgan fingerprint density at radius 3 is 2.22 bits per heavy atom. The average Bonchev–Trinajstić information content (AvgIpc) is 2.88. The molecule has 0 radical (unpaired) electrons. The first kappa shape index (κ1) is 21.9. The average molecular weight is 432 g/mol. The molecule has 0 bridgehead atoms. The zero-order valence-corrected chi connectivity index (χ0v) is 18.0. The predicted octanol–water partition coefficient (Wildman–Crippen LogP) is 3.08. The molecule has 4 rings (SSSR count). The Balaban J connectivity index is 1.38. The minimum atomic E-state index is -0.771. The second kappa shape index (κ2) is 10.3. The summed E-state index contributed by atoms with van der Waals surface area (Å²) in [6, 6.07) is 25.9. The summed E-state index contributed by atoms with van der Waals surface area (Å²) >= 11 is 0. The molecule has 3 N–H and O–H groups in total. The lowest BCUT2D eigenvalue weighted by Crippen LogP contribution is -2.48. The lowest BCUT2D eigenvalue weighted by atomic mass is 9.98. The second-order valence-electron chi connectivity index (χ2n) is 7.96. The van der Waals surface area contributed by atoms with E-state index in [0.29, 0.717) is 19.6 Å². The van der Waals surface area contributed by atoms with E-state index in [2.05, 4.69) is 10.2 Å². The highest BCUT2D eigenvalue weighted by Gasteiger charge is 2.24. The van der Waals surface area contributed by atoms with E-state index >= 15 is 0 Å². The highest BCUT2D eigenvalue weighted by molar-refractivity contribution is 6.01. The number of amides is 1. The van der Waals surface area contributed by atoms with Gasteiger partial charge < -0.3 is 25.3 Å². The Labute approximate surface area is 188 Å². The van der Waals surface area contributed by atoms with E-state index in [0.717, 1.165) is 41.2 Å². The summed E-state index contributed by atoms with van der Waals surface area (Å²) in [6.07, 6.45) is -0.771. The third-order valence-corrected chi connectivity index (χ3v) is 5.79. The first-order chi connectivity index (χ1) is 15.7. The van der Waals surface area contributed by atoms with Gasteiger partial charge in [0, 0.05) is 49.7 Å². The number of aliphatic hydroxyl groups excluding tert-OH is 2. The molecule has 166 valence electrons. The van der Waals surface area contributed by atoms with E-state index in [1.54, 1.807) is 0 Å². The van der Waals surface area contributed by atoms with Gasteiger partial charge in [0.05, 0.1) is 12.7 Å². The van der Waals surface area contributed by atoms with Crippen molar-refractivity contribution >= 4 is 17.3 Å². The van der Waals surface area contributed by atoms with Gasteiger partial charge in [-0.15, -0.1) is 0 Å². The highest BCUT2D eigenvalue weighted by Crippen LogP contribution is 2.26. The summed E-state index contributed by atoms with van der Waals surface area (Å²) in [5.74, 6) is 0.0751. The van der Waals surface area contributed by atoms with Gasteiger partial charge in [-0.3, -0.25) is 4.79 Å². The van der Waals surface area contributed by atoms with Crippen LogP contribution in [-0.2, 0) is 0 Å². The van der Waals surface area contributed by atoms with Crippen molar-refractivity contribution in [2.24, 2.45) is 0 Å². The van der Waals surface area contributed by atoms with E-state index in [1.165, 1.54) is 0 Å².